The van der Waals surface area contributed by atoms with E-state index in [9.17, 15) is 22.8 Å². The van der Waals surface area contributed by atoms with Crippen LogP contribution in [0.15, 0.2) is 47.5 Å². The highest BCUT2D eigenvalue weighted by atomic mass is 19.4. The lowest BCUT2D eigenvalue weighted by Crippen LogP contribution is -3.15. The number of carboxylic acids is 1. The third-order valence-corrected chi connectivity index (χ3v) is 7.22. The second-order valence-corrected chi connectivity index (χ2v) is 10.4. The molecule has 0 bridgehead atoms. The first-order valence-electron chi connectivity index (χ1n) is 14.3. The number of Topliss-reactive ketones (excluding diaryl/α,β-unsaturated/α-hetero) is 1. The molecule has 1 saturated heterocycles. The van der Waals surface area contributed by atoms with Gasteiger partial charge in [0, 0.05) is 17.2 Å². The van der Waals surface area contributed by atoms with E-state index in [2.05, 4.69) is 5.32 Å². The number of rotatable bonds is 9. The van der Waals surface area contributed by atoms with E-state index in [1.165, 1.54) is 4.90 Å². The van der Waals surface area contributed by atoms with Crippen LogP contribution >= 0.6 is 0 Å². The molecule has 1 heterocycles. The van der Waals surface area contributed by atoms with Crippen LogP contribution in [0.3, 0.4) is 0 Å². The van der Waals surface area contributed by atoms with E-state index >= 15 is 0 Å². The number of quaternary nitrogens is 1. The molecule has 11 nitrogen and oxygen atoms in total. The maximum atomic E-state index is 13.7. The molecule has 2 aliphatic rings. The fraction of sp³-hybridized carbons (Fsp3) is 0.406. The van der Waals surface area contributed by atoms with Crippen LogP contribution in [0.1, 0.15) is 24.0 Å². The minimum atomic E-state index is -5.19. The van der Waals surface area contributed by atoms with Crippen molar-refractivity contribution in [3.8, 4) is 23.0 Å². The number of methoxy groups -OCH3 is 4. The average Bonchev–Trinajstić information content (AvgIpc) is 3.03. The van der Waals surface area contributed by atoms with Crippen molar-refractivity contribution in [2.75, 3.05) is 61.3 Å². The number of carbonyl (C=O) groups excluding carboxylic acids is 3. The summed E-state index contributed by atoms with van der Waals surface area (Å²) in [5.74, 6) is -0.707. The summed E-state index contributed by atoms with van der Waals surface area (Å²) in [4.78, 5) is 36.6. The first-order valence-corrected chi connectivity index (χ1v) is 14.3. The van der Waals surface area contributed by atoms with E-state index in [0.29, 0.717) is 66.7 Å². The van der Waals surface area contributed by atoms with Crippen LogP contribution in [-0.2, 0) is 19.1 Å². The van der Waals surface area contributed by atoms with Gasteiger partial charge in [-0.05, 0) is 60.4 Å². The summed E-state index contributed by atoms with van der Waals surface area (Å²) in [7, 11) is 6.31. The number of nitrogens with one attached hydrogen (secondary N) is 2. The Hall–Kier alpha value is -4.56. The minimum Gasteiger partial charge on any atom is -0.542 e. The molecule has 2 aromatic rings. The average molecular weight is 651 g/mol. The Bertz CT molecular complexity index is 1370. The highest BCUT2D eigenvalue weighted by Gasteiger charge is 2.30. The molecule has 1 aliphatic carbocycles. The van der Waals surface area contributed by atoms with Crippen molar-refractivity contribution in [1.29, 1.82) is 0 Å². The van der Waals surface area contributed by atoms with Gasteiger partial charge in [-0.1, -0.05) is 12.1 Å². The number of benzene rings is 2. The summed E-state index contributed by atoms with van der Waals surface area (Å²) in [6.07, 6.45) is -0.613. The highest BCUT2D eigenvalue weighted by Crippen LogP contribution is 2.33. The largest absolute Gasteiger partial charge is 0.542 e. The molecule has 14 heteroatoms. The zero-order valence-electron chi connectivity index (χ0n) is 26.0. The number of halogens is 3. The van der Waals surface area contributed by atoms with Crippen LogP contribution in [0.25, 0.3) is 12.2 Å². The topological polar surface area (TPSA) is 137 Å². The lowest BCUT2D eigenvalue weighted by molar-refractivity contribution is -0.900. The second-order valence-electron chi connectivity index (χ2n) is 10.4. The Kier molecular flexibility index (Phi) is 13.0. The maximum absolute atomic E-state index is 13.7. The SMILES string of the molecule is COc1ccc(/C=C2\CC(NC(=O)C[NH+]3CCOCC3)C/C(=C\c3ccc(OC)c(OC)c3)C2=O)cc1OC.O=C([O-])C(F)(F)F. The van der Waals surface area contributed by atoms with Gasteiger partial charge in [-0.25, -0.2) is 0 Å². The fourth-order valence-corrected chi connectivity index (χ4v) is 4.98. The molecular weight excluding hydrogens is 613 g/mol. The summed E-state index contributed by atoms with van der Waals surface area (Å²) >= 11 is 0. The van der Waals surface area contributed by atoms with Crippen LogP contribution in [-0.4, -0.2) is 91.2 Å². The summed E-state index contributed by atoms with van der Waals surface area (Å²) < 4.78 is 58.5. The van der Waals surface area contributed by atoms with E-state index in [0.717, 1.165) is 24.2 Å². The minimum absolute atomic E-state index is 0.0258. The number of ether oxygens (including phenoxy) is 5. The predicted octanol–water partition coefficient (Wildman–Crippen LogP) is 1.25. The van der Waals surface area contributed by atoms with Crippen LogP contribution < -0.4 is 34.3 Å². The Morgan fingerprint density at radius 1 is 0.870 bits per heavy atom. The van der Waals surface area contributed by atoms with E-state index < -0.39 is 12.1 Å². The number of carboxylic acid groups (broad SMARTS) is 1. The second kappa shape index (κ2) is 16.7. The summed E-state index contributed by atoms with van der Waals surface area (Å²) in [6.45, 7) is 3.34. The molecule has 250 valence electrons. The number of carbonyl (C=O) groups is 3. The van der Waals surface area contributed by atoms with Gasteiger partial charge in [0.25, 0.3) is 5.91 Å². The lowest BCUT2D eigenvalue weighted by atomic mass is 9.83. The van der Waals surface area contributed by atoms with E-state index in [1.54, 1.807) is 28.4 Å². The van der Waals surface area contributed by atoms with E-state index in [1.807, 2.05) is 48.6 Å². The van der Waals surface area contributed by atoms with Crippen molar-refractivity contribution < 1.29 is 61.2 Å². The molecule has 0 radical (unpaired) electrons. The molecule has 46 heavy (non-hydrogen) atoms. The third kappa shape index (κ3) is 10.2. The van der Waals surface area contributed by atoms with Gasteiger partial charge in [-0.15, -0.1) is 0 Å². The van der Waals surface area contributed by atoms with Crippen molar-refractivity contribution in [2.45, 2.75) is 25.1 Å². The Morgan fingerprint density at radius 3 is 1.70 bits per heavy atom. The number of hydrogen-bond acceptors (Lipinski definition) is 9. The van der Waals surface area contributed by atoms with Crippen molar-refractivity contribution in [3.05, 3.63) is 58.7 Å². The van der Waals surface area contributed by atoms with E-state index in [4.69, 9.17) is 33.6 Å². The van der Waals surface area contributed by atoms with Gasteiger partial charge >= 0.3 is 6.18 Å². The zero-order chi connectivity index (χ0) is 33.9. The zero-order valence-corrected chi connectivity index (χ0v) is 26.0. The number of morpholine rings is 1. The van der Waals surface area contributed by atoms with Crippen molar-refractivity contribution in [1.82, 2.24) is 5.32 Å². The standard InChI is InChI=1S/C30H36N2O7.C2HF3O2/c1-35-25-7-5-20(15-27(25)37-3)13-22-17-24(31-29(33)19-32-9-11-39-12-10-32)18-23(30(22)34)14-21-6-8-26(36-2)28(16-21)38-4;3-2(4,5)1(6)7/h5-8,13-16,24H,9-12,17-19H2,1-4H3,(H,31,33);(H,6,7)/b22-13+,23-14+;. The Morgan fingerprint density at radius 2 is 1.30 bits per heavy atom. The summed E-state index contributed by atoms with van der Waals surface area (Å²) in [5, 5.41) is 12.0. The number of ketones is 1. The molecule has 4 rings (SSSR count). The monoisotopic (exact) mass is 650 g/mol. The van der Waals surface area contributed by atoms with Gasteiger partial charge < -0.3 is 43.8 Å². The summed E-state index contributed by atoms with van der Waals surface area (Å²) in [5.41, 5.74) is 2.85. The molecule has 1 saturated carbocycles. The number of alkyl halides is 3. The lowest BCUT2D eigenvalue weighted by Gasteiger charge is -2.28. The van der Waals surface area contributed by atoms with Gasteiger partial charge in [-0.2, -0.15) is 13.2 Å². The summed E-state index contributed by atoms with van der Waals surface area (Å²) in [6, 6.07) is 10.8. The quantitative estimate of drug-likeness (QED) is 0.385. The highest BCUT2D eigenvalue weighted by molar-refractivity contribution is 6.14. The first kappa shape index (κ1) is 35.9. The first-order chi connectivity index (χ1) is 21.9. The molecular formula is C32H37F3N2O9. The smallest absolute Gasteiger partial charge is 0.430 e. The van der Waals surface area contributed by atoms with Gasteiger partial charge in [0.05, 0.1) is 41.7 Å². The molecule has 1 amide bonds. The number of aliphatic carboxylic acids is 1. The molecule has 2 aromatic carbocycles. The van der Waals surface area contributed by atoms with Crippen molar-refractivity contribution in [3.63, 3.8) is 0 Å². The molecule has 0 aromatic heterocycles. The molecule has 1 aliphatic heterocycles. The maximum Gasteiger partial charge on any atom is 0.430 e. The van der Waals surface area contributed by atoms with Crippen molar-refractivity contribution >= 4 is 29.8 Å². The Balaban J connectivity index is 0.000000738. The fourth-order valence-electron chi connectivity index (χ4n) is 4.98. The normalized spacial score (nSPS) is 18.8. The van der Waals surface area contributed by atoms with Gasteiger partial charge in [-0.3, -0.25) is 9.59 Å². The van der Waals surface area contributed by atoms with Crippen LogP contribution in [0.2, 0.25) is 0 Å². The molecule has 2 N–H and O–H groups in total. The van der Waals surface area contributed by atoms with Gasteiger partial charge in [0.15, 0.2) is 35.3 Å². The number of hydrogen-bond donors (Lipinski definition) is 2. The van der Waals surface area contributed by atoms with Crippen LogP contribution in [0.5, 0.6) is 23.0 Å². The van der Waals surface area contributed by atoms with E-state index in [-0.39, 0.29) is 17.7 Å². The van der Waals surface area contributed by atoms with Crippen LogP contribution in [0, 0.1) is 0 Å². The Labute approximate surface area is 264 Å². The number of amides is 1. The van der Waals surface area contributed by atoms with Gasteiger partial charge in [0.2, 0.25) is 0 Å². The predicted molar refractivity (Wildman–Crippen MR) is 159 cm³/mol. The third-order valence-electron chi connectivity index (χ3n) is 7.22. The van der Waals surface area contributed by atoms with Gasteiger partial charge in [0.1, 0.15) is 19.1 Å². The molecule has 2 fully saturated rings. The van der Waals surface area contributed by atoms with Crippen LogP contribution in [0.4, 0.5) is 13.2 Å². The molecule has 0 spiro atoms. The van der Waals surface area contributed by atoms with Crippen molar-refractivity contribution in [2.24, 2.45) is 0 Å². The molecule has 0 atom stereocenters. The molecule has 0 unspecified atom stereocenters.